The van der Waals surface area contributed by atoms with Gasteiger partial charge in [-0.25, -0.2) is 0 Å². The minimum absolute atomic E-state index is 0. The van der Waals surface area contributed by atoms with Crippen molar-refractivity contribution in [3.05, 3.63) is 22.4 Å². The molecule has 1 aliphatic rings. The van der Waals surface area contributed by atoms with Crippen LogP contribution in [-0.2, 0) is 10.2 Å². The predicted molar refractivity (Wildman–Crippen MR) is 78.6 cm³/mol. The Bertz CT molecular complexity index is 386. The van der Waals surface area contributed by atoms with Crippen molar-refractivity contribution in [3.8, 4) is 0 Å². The summed E-state index contributed by atoms with van der Waals surface area (Å²) in [4.78, 5) is 15.6. The Labute approximate surface area is 119 Å². The lowest BCUT2D eigenvalue weighted by molar-refractivity contribution is -0.136. The fourth-order valence-corrected chi connectivity index (χ4v) is 3.16. The summed E-state index contributed by atoms with van der Waals surface area (Å²) in [5, 5.41) is 5.33. The van der Waals surface area contributed by atoms with Crippen LogP contribution in [0.5, 0.6) is 0 Å². The van der Waals surface area contributed by atoms with E-state index in [-0.39, 0.29) is 18.3 Å². The van der Waals surface area contributed by atoms with Gasteiger partial charge in [-0.3, -0.25) is 4.79 Å². The number of likely N-dealkylation sites (N-methyl/N-ethyl adjacent to an activating group) is 1. The molecule has 1 aromatic rings. The second-order valence-corrected chi connectivity index (χ2v) is 6.11. The Morgan fingerprint density at radius 1 is 1.56 bits per heavy atom. The Kier molecular flexibility index (Phi) is 5.20. The maximum atomic E-state index is 12.6. The lowest BCUT2D eigenvalue weighted by Crippen LogP contribution is -2.46. The second-order valence-electron chi connectivity index (χ2n) is 5.16. The van der Waals surface area contributed by atoms with Gasteiger partial charge in [0.2, 0.25) is 5.91 Å². The highest BCUT2D eigenvalue weighted by atomic mass is 35.5. The van der Waals surface area contributed by atoms with E-state index in [4.69, 9.17) is 0 Å². The topological polar surface area (TPSA) is 32.3 Å². The SMILES string of the molecule is CN(C(=O)C(C)(C)c1cccs1)C1CCNC1.Cl. The molecule has 0 saturated carbocycles. The largest absolute Gasteiger partial charge is 0.341 e. The van der Waals surface area contributed by atoms with Gasteiger partial charge in [-0.2, -0.15) is 0 Å². The van der Waals surface area contributed by atoms with Crippen LogP contribution >= 0.6 is 23.7 Å². The molecule has 1 fully saturated rings. The number of rotatable bonds is 3. The fourth-order valence-electron chi connectivity index (χ4n) is 2.32. The minimum atomic E-state index is -0.411. The highest BCUT2D eigenvalue weighted by Gasteiger charge is 2.36. The van der Waals surface area contributed by atoms with Crippen LogP contribution in [0.1, 0.15) is 25.1 Å². The monoisotopic (exact) mass is 288 g/mol. The third-order valence-corrected chi connectivity index (χ3v) is 4.77. The molecule has 18 heavy (non-hydrogen) atoms. The standard InChI is InChI=1S/C13H20N2OS.ClH/c1-13(2,11-5-4-8-17-11)12(16)15(3)10-6-7-14-9-10;/h4-5,8,10,14H,6-7,9H2,1-3H3;1H. The number of halogens is 1. The Morgan fingerprint density at radius 3 is 2.78 bits per heavy atom. The third kappa shape index (κ3) is 2.87. The maximum Gasteiger partial charge on any atom is 0.233 e. The van der Waals surface area contributed by atoms with Gasteiger partial charge >= 0.3 is 0 Å². The van der Waals surface area contributed by atoms with Gasteiger partial charge < -0.3 is 10.2 Å². The smallest absolute Gasteiger partial charge is 0.233 e. The molecule has 1 amide bonds. The van der Waals surface area contributed by atoms with Crippen LogP contribution in [0.15, 0.2) is 17.5 Å². The summed E-state index contributed by atoms with van der Waals surface area (Å²) in [5.41, 5.74) is -0.411. The van der Waals surface area contributed by atoms with Crippen molar-refractivity contribution in [2.75, 3.05) is 20.1 Å². The van der Waals surface area contributed by atoms with E-state index in [9.17, 15) is 4.79 Å². The Hall–Kier alpha value is -0.580. The molecule has 0 aliphatic carbocycles. The predicted octanol–water partition coefficient (Wildman–Crippen LogP) is 2.27. The van der Waals surface area contributed by atoms with E-state index in [1.807, 2.05) is 43.3 Å². The molecule has 1 saturated heterocycles. The van der Waals surface area contributed by atoms with Crippen molar-refractivity contribution in [1.29, 1.82) is 0 Å². The molecule has 1 atom stereocenters. The van der Waals surface area contributed by atoms with E-state index < -0.39 is 5.41 Å². The number of carbonyl (C=O) groups is 1. The first-order valence-corrected chi connectivity index (χ1v) is 6.93. The zero-order valence-electron chi connectivity index (χ0n) is 11.1. The van der Waals surface area contributed by atoms with Crippen molar-refractivity contribution < 1.29 is 4.79 Å². The van der Waals surface area contributed by atoms with E-state index in [0.29, 0.717) is 6.04 Å². The fraction of sp³-hybridized carbons (Fsp3) is 0.615. The van der Waals surface area contributed by atoms with Crippen LogP contribution in [0.25, 0.3) is 0 Å². The van der Waals surface area contributed by atoms with Gasteiger partial charge in [-0.15, -0.1) is 23.7 Å². The summed E-state index contributed by atoms with van der Waals surface area (Å²) in [6.45, 7) is 5.96. The zero-order valence-corrected chi connectivity index (χ0v) is 12.7. The third-order valence-electron chi connectivity index (χ3n) is 3.57. The van der Waals surface area contributed by atoms with Crippen molar-refractivity contribution in [1.82, 2.24) is 10.2 Å². The molecule has 0 aromatic carbocycles. The number of amides is 1. The van der Waals surface area contributed by atoms with Crippen LogP contribution in [0.2, 0.25) is 0 Å². The normalized spacial score (nSPS) is 19.4. The maximum absolute atomic E-state index is 12.6. The van der Waals surface area contributed by atoms with Gasteiger partial charge in [-0.1, -0.05) is 6.07 Å². The molecule has 2 heterocycles. The van der Waals surface area contributed by atoms with Gasteiger partial charge in [-0.05, 0) is 38.3 Å². The van der Waals surface area contributed by atoms with E-state index in [0.717, 1.165) is 24.4 Å². The average molecular weight is 289 g/mol. The molecule has 0 bridgehead atoms. The quantitative estimate of drug-likeness (QED) is 0.925. The summed E-state index contributed by atoms with van der Waals surface area (Å²) in [6.07, 6.45) is 1.06. The molecule has 1 aromatic heterocycles. The first-order valence-electron chi connectivity index (χ1n) is 6.05. The van der Waals surface area contributed by atoms with Gasteiger partial charge in [0.15, 0.2) is 0 Å². The molecule has 3 nitrogen and oxygen atoms in total. The lowest BCUT2D eigenvalue weighted by Gasteiger charge is -2.32. The van der Waals surface area contributed by atoms with Crippen molar-refractivity contribution in [3.63, 3.8) is 0 Å². The highest BCUT2D eigenvalue weighted by molar-refractivity contribution is 7.10. The van der Waals surface area contributed by atoms with Crippen LogP contribution in [-0.4, -0.2) is 37.0 Å². The van der Waals surface area contributed by atoms with Crippen LogP contribution in [0, 0.1) is 0 Å². The summed E-state index contributed by atoms with van der Waals surface area (Å²) in [7, 11) is 1.93. The number of hydrogen-bond acceptors (Lipinski definition) is 3. The summed E-state index contributed by atoms with van der Waals surface area (Å²) >= 11 is 1.66. The molecule has 1 unspecified atom stereocenters. The molecule has 1 N–H and O–H groups in total. The molecule has 0 radical (unpaired) electrons. The number of hydrogen-bond donors (Lipinski definition) is 1. The first kappa shape index (κ1) is 15.5. The first-order chi connectivity index (χ1) is 8.03. The lowest BCUT2D eigenvalue weighted by atomic mass is 9.89. The van der Waals surface area contributed by atoms with Crippen LogP contribution < -0.4 is 5.32 Å². The van der Waals surface area contributed by atoms with Crippen LogP contribution in [0.3, 0.4) is 0 Å². The van der Waals surface area contributed by atoms with Gasteiger partial charge in [0.25, 0.3) is 0 Å². The Balaban J connectivity index is 0.00000162. The van der Waals surface area contributed by atoms with E-state index in [2.05, 4.69) is 5.32 Å². The summed E-state index contributed by atoms with van der Waals surface area (Å²) in [6, 6.07) is 4.40. The second kappa shape index (κ2) is 6.04. The van der Waals surface area contributed by atoms with Gasteiger partial charge in [0.05, 0.1) is 5.41 Å². The van der Waals surface area contributed by atoms with Crippen molar-refractivity contribution in [2.45, 2.75) is 31.7 Å². The van der Waals surface area contributed by atoms with Gasteiger partial charge in [0, 0.05) is 24.5 Å². The minimum Gasteiger partial charge on any atom is -0.341 e. The number of nitrogens with zero attached hydrogens (tertiary/aromatic N) is 1. The summed E-state index contributed by atoms with van der Waals surface area (Å²) in [5.74, 6) is 0.216. The molecular formula is C13H21ClN2OS. The molecule has 102 valence electrons. The number of nitrogens with one attached hydrogen (secondary N) is 1. The van der Waals surface area contributed by atoms with Gasteiger partial charge in [0.1, 0.15) is 0 Å². The van der Waals surface area contributed by atoms with Crippen molar-refractivity contribution >= 4 is 29.7 Å². The van der Waals surface area contributed by atoms with Crippen molar-refractivity contribution in [2.24, 2.45) is 0 Å². The average Bonchev–Trinajstić information content (AvgIpc) is 2.98. The van der Waals surface area contributed by atoms with Crippen LogP contribution in [0.4, 0.5) is 0 Å². The molecule has 1 aliphatic heterocycles. The highest BCUT2D eigenvalue weighted by Crippen LogP contribution is 2.30. The zero-order chi connectivity index (χ0) is 12.5. The molecule has 5 heteroatoms. The summed E-state index contributed by atoms with van der Waals surface area (Å²) < 4.78 is 0. The van der Waals surface area contributed by atoms with E-state index in [1.54, 1.807) is 11.3 Å². The Morgan fingerprint density at radius 2 is 2.28 bits per heavy atom. The molecule has 2 rings (SSSR count). The van der Waals surface area contributed by atoms with E-state index >= 15 is 0 Å². The molecular weight excluding hydrogens is 268 g/mol. The molecule has 0 spiro atoms. The van der Waals surface area contributed by atoms with E-state index in [1.165, 1.54) is 0 Å². The number of thiophene rings is 1. The number of carbonyl (C=O) groups excluding carboxylic acids is 1.